The molecule has 0 spiro atoms. The maximum atomic E-state index is 9.47. The summed E-state index contributed by atoms with van der Waals surface area (Å²) in [6.45, 7) is 0. The van der Waals surface area contributed by atoms with Crippen molar-refractivity contribution in [3.63, 3.8) is 0 Å². The number of methoxy groups -OCH3 is 1. The van der Waals surface area contributed by atoms with Crippen LogP contribution in [0.25, 0.3) is 0 Å². The van der Waals surface area contributed by atoms with Crippen molar-refractivity contribution in [3.05, 3.63) is 58.6 Å². The molecule has 0 saturated heterocycles. The Balaban J connectivity index is 2.19. The highest BCUT2D eigenvalue weighted by molar-refractivity contribution is 6.32. The van der Waals surface area contributed by atoms with Crippen molar-refractivity contribution >= 4 is 17.3 Å². The number of ether oxygens (including phenoxy) is 1. The van der Waals surface area contributed by atoms with Crippen molar-refractivity contribution in [1.29, 1.82) is 5.26 Å². The fraction of sp³-hybridized carbons (Fsp3) is 0.278. The SMILES string of the molecule is COc1ccc(CC(C#N)c2ccc(N(C)C)cc2)cc1Cl. The van der Waals surface area contributed by atoms with E-state index >= 15 is 0 Å². The monoisotopic (exact) mass is 314 g/mol. The zero-order chi connectivity index (χ0) is 16.1. The standard InChI is InChI=1S/C18H19ClN2O/c1-21(2)16-7-5-14(6-8-16)15(12-20)10-13-4-9-18(22-3)17(19)11-13/h4-9,11,15H,10H2,1-3H3. The maximum absolute atomic E-state index is 9.47. The van der Waals surface area contributed by atoms with Crippen LogP contribution in [0, 0.1) is 11.3 Å². The number of halogens is 1. The summed E-state index contributed by atoms with van der Waals surface area (Å²) in [5.41, 5.74) is 3.15. The predicted octanol–water partition coefficient (Wildman–Crippen LogP) is 4.26. The van der Waals surface area contributed by atoms with Crippen LogP contribution < -0.4 is 9.64 Å². The van der Waals surface area contributed by atoms with Crippen molar-refractivity contribution in [2.24, 2.45) is 0 Å². The number of hydrogen-bond acceptors (Lipinski definition) is 3. The van der Waals surface area contributed by atoms with Crippen LogP contribution in [0.5, 0.6) is 5.75 Å². The Morgan fingerprint density at radius 2 is 1.86 bits per heavy atom. The average molecular weight is 315 g/mol. The number of rotatable bonds is 5. The van der Waals surface area contributed by atoms with Crippen molar-refractivity contribution in [2.75, 3.05) is 26.1 Å². The Hall–Kier alpha value is -2.18. The largest absolute Gasteiger partial charge is 0.495 e. The van der Waals surface area contributed by atoms with Crippen molar-refractivity contribution in [2.45, 2.75) is 12.3 Å². The normalized spacial score (nSPS) is 11.6. The van der Waals surface area contributed by atoms with E-state index in [0.29, 0.717) is 17.2 Å². The van der Waals surface area contributed by atoms with Gasteiger partial charge in [0.1, 0.15) is 5.75 Å². The minimum atomic E-state index is -0.194. The molecule has 3 nitrogen and oxygen atoms in total. The van der Waals surface area contributed by atoms with Crippen molar-refractivity contribution in [3.8, 4) is 11.8 Å². The molecule has 22 heavy (non-hydrogen) atoms. The molecule has 2 aromatic carbocycles. The second kappa shape index (κ2) is 7.20. The summed E-state index contributed by atoms with van der Waals surface area (Å²) in [5, 5.41) is 10.0. The van der Waals surface area contributed by atoms with Gasteiger partial charge >= 0.3 is 0 Å². The zero-order valence-corrected chi connectivity index (χ0v) is 13.8. The van der Waals surface area contributed by atoms with E-state index in [-0.39, 0.29) is 5.92 Å². The van der Waals surface area contributed by atoms with E-state index in [1.165, 1.54) is 0 Å². The summed E-state index contributed by atoms with van der Waals surface area (Å²) in [6.07, 6.45) is 0.627. The number of benzene rings is 2. The van der Waals surface area contributed by atoms with E-state index in [0.717, 1.165) is 16.8 Å². The first-order chi connectivity index (χ1) is 10.5. The fourth-order valence-electron chi connectivity index (χ4n) is 2.32. The Morgan fingerprint density at radius 1 is 1.18 bits per heavy atom. The lowest BCUT2D eigenvalue weighted by atomic mass is 9.93. The van der Waals surface area contributed by atoms with E-state index in [2.05, 4.69) is 6.07 Å². The number of nitriles is 1. The molecule has 0 fully saturated rings. The summed E-state index contributed by atoms with van der Waals surface area (Å²) in [7, 11) is 5.58. The van der Waals surface area contributed by atoms with Crippen molar-refractivity contribution in [1.82, 2.24) is 0 Å². The molecule has 0 aliphatic heterocycles. The molecule has 2 rings (SSSR count). The molecular formula is C18H19ClN2O. The van der Waals surface area contributed by atoms with Gasteiger partial charge in [0.2, 0.25) is 0 Å². The van der Waals surface area contributed by atoms with Gasteiger partial charge in [0.05, 0.1) is 24.1 Å². The van der Waals surface area contributed by atoms with E-state index in [4.69, 9.17) is 16.3 Å². The first-order valence-electron chi connectivity index (χ1n) is 7.04. The molecule has 0 saturated carbocycles. The molecule has 0 aromatic heterocycles. The van der Waals surface area contributed by atoms with Gasteiger partial charge in [-0.3, -0.25) is 0 Å². The molecule has 0 radical (unpaired) electrons. The topological polar surface area (TPSA) is 36.3 Å². The van der Waals surface area contributed by atoms with Crippen LogP contribution in [-0.4, -0.2) is 21.2 Å². The molecule has 4 heteroatoms. The average Bonchev–Trinajstić information content (AvgIpc) is 2.53. The van der Waals surface area contributed by atoms with Gasteiger partial charge < -0.3 is 9.64 Å². The highest BCUT2D eigenvalue weighted by Gasteiger charge is 2.13. The van der Waals surface area contributed by atoms with Crippen LogP contribution in [0.2, 0.25) is 5.02 Å². The molecule has 1 unspecified atom stereocenters. The third-order valence-corrected chi connectivity index (χ3v) is 3.92. The summed E-state index contributed by atoms with van der Waals surface area (Å²) >= 11 is 6.14. The van der Waals surface area contributed by atoms with Crippen LogP contribution in [0.3, 0.4) is 0 Å². The number of nitrogens with zero attached hydrogens (tertiary/aromatic N) is 2. The van der Waals surface area contributed by atoms with Crippen LogP contribution in [0.1, 0.15) is 17.0 Å². The highest BCUT2D eigenvalue weighted by Crippen LogP contribution is 2.28. The summed E-state index contributed by atoms with van der Waals surface area (Å²) in [5.74, 6) is 0.454. The van der Waals surface area contributed by atoms with E-state index in [1.54, 1.807) is 7.11 Å². The third-order valence-electron chi connectivity index (χ3n) is 3.62. The van der Waals surface area contributed by atoms with E-state index < -0.39 is 0 Å². The second-order valence-electron chi connectivity index (χ2n) is 5.34. The molecule has 0 bridgehead atoms. The van der Waals surface area contributed by atoms with Gasteiger partial charge in [-0.05, 0) is 41.8 Å². The van der Waals surface area contributed by atoms with Crippen LogP contribution >= 0.6 is 11.6 Å². The van der Waals surface area contributed by atoms with Gasteiger partial charge in [-0.15, -0.1) is 0 Å². The highest BCUT2D eigenvalue weighted by atomic mass is 35.5. The molecule has 0 aliphatic rings. The molecule has 0 aliphatic carbocycles. The molecular weight excluding hydrogens is 296 g/mol. The van der Waals surface area contributed by atoms with Gasteiger partial charge in [-0.25, -0.2) is 0 Å². The Bertz CT molecular complexity index is 674. The third kappa shape index (κ3) is 3.72. The summed E-state index contributed by atoms with van der Waals surface area (Å²) < 4.78 is 5.15. The van der Waals surface area contributed by atoms with Gasteiger partial charge in [0, 0.05) is 19.8 Å². The van der Waals surface area contributed by atoms with Crippen LogP contribution in [0.15, 0.2) is 42.5 Å². The smallest absolute Gasteiger partial charge is 0.137 e. The summed E-state index contributed by atoms with van der Waals surface area (Å²) in [4.78, 5) is 2.04. The van der Waals surface area contributed by atoms with Gasteiger partial charge in [0.15, 0.2) is 0 Å². The molecule has 2 aromatic rings. The lowest BCUT2D eigenvalue weighted by Crippen LogP contribution is -2.08. The Morgan fingerprint density at radius 3 is 2.36 bits per heavy atom. The fourth-order valence-corrected chi connectivity index (χ4v) is 2.60. The maximum Gasteiger partial charge on any atom is 0.137 e. The molecule has 0 amide bonds. The predicted molar refractivity (Wildman–Crippen MR) is 90.8 cm³/mol. The minimum absolute atomic E-state index is 0.194. The zero-order valence-electron chi connectivity index (χ0n) is 13.0. The molecule has 114 valence electrons. The molecule has 1 atom stereocenters. The lowest BCUT2D eigenvalue weighted by molar-refractivity contribution is 0.415. The quantitative estimate of drug-likeness (QED) is 0.827. The minimum Gasteiger partial charge on any atom is -0.495 e. The molecule has 0 N–H and O–H groups in total. The van der Waals surface area contributed by atoms with Gasteiger partial charge in [-0.2, -0.15) is 5.26 Å². The Kier molecular flexibility index (Phi) is 5.30. The first kappa shape index (κ1) is 16.2. The lowest BCUT2D eigenvalue weighted by Gasteiger charge is -2.15. The molecule has 0 heterocycles. The van der Waals surface area contributed by atoms with Crippen molar-refractivity contribution < 1.29 is 4.74 Å². The van der Waals surface area contributed by atoms with Gasteiger partial charge in [0.25, 0.3) is 0 Å². The Labute approximate surface area is 136 Å². The number of hydrogen-bond donors (Lipinski definition) is 0. The van der Waals surface area contributed by atoms with E-state index in [9.17, 15) is 5.26 Å². The van der Waals surface area contributed by atoms with Gasteiger partial charge in [-0.1, -0.05) is 29.8 Å². The first-order valence-corrected chi connectivity index (χ1v) is 7.42. The van der Waals surface area contributed by atoms with Crippen LogP contribution in [0.4, 0.5) is 5.69 Å². The van der Waals surface area contributed by atoms with E-state index in [1.807, 2.05) is 61.5 Å². The number of anilines is 1. The summed E-state index contributed by atoms with van der Waals surface area (Å²) in [6, 6.07) is 16.1. The second-order valence-corrected chi connectivity index (χ2v) is 5.75. The van der Waals surface area contributed by atoms with Crippen LogP contribution in [-0.2, 0) is 6.42 Å².